The Kier molecular flexibility index (Phi) is 22.4. The van der Waals surface area contributed by atoms with Gasteiger partial charge in [0.1, 0.15) is 0 Å². The van der Waals surface area contributed by atoms with E-state index in [1.807, 2.05) is 6.92 Å². The van der Waals surface area contributed by atoms with Gasteiger partial charge in [0.25, 0.3) is 0 Å². The van der Waals surface area contributed by atoms with E-state index in [1.165, 1.54) is 89.9 Å². The minimum atomic E-state index is -0.918. The number of allylic oxidation sites excluding steroid dienone is 2. The van der Waals surface area contributed by atoms with Gasteiger partial charge in [-0.25, -0.2) is 0 Å². The van der Waals surface area contributed by atoms with Crippen LogP contribution < -0.4 is 0 Å². The van der Waals surface area contributed by atoms with Crippen LogP contribution in [0.1, 0.15) is 136 Å². The van der Waals surface area contributed by atoms with Crippen LogP contribution in [0.2, 0.25) is 0 Å². The second kappa shape index (κ2) is 23.3. The Labute approximate surface area is 192 Å². The smallest absolute Gasteiger partial charge is 0.309 e. The molecule has 0 amide bonds. The standard InChI is InChI=1S/C27H50O4/c1-3-5-6-7-8-9-10-11-12-13-14-15-16-17-18-19-20-21-22-25(24-26(28)29)27(30)31-23-4-2/h3,5,25H,4,6-24H2,1-2H3,(H,28,29)/b5-3+. The second-order valence-corrected chi connectivity index (χ2v) is 8.91. The number of carboxylic acid groups (broad SMARTS) is 1. The van der Waals surface area contributed by atoms with E-state index in [1.54, 1.807) is 0 Å². The summed E-state index contributed by atoms with van der Waals surface area (Å²) in [6.07, 6.45) is 26.4. The summed E-state index contributed by atoms with van der Waals surface area (Å²) in [6.45, 7) is 4.42. The number of aliphatic carboxylic acids is 1. The summed E-state index contributed by atoms with van der Waals surface area (Å²) in [5.41, 5.74) is 0. The molecular formula is C27H50O4. The normalized spacial score (nSPS) is 12.3. The lowest BCUT2D eigenvalue weighted by molar-refractivity contribution is -0.153. The van der Waals surface area contributed by atoms with Crippen molar-refractivity contribution in [2.75, 3.05) is 6.61 Å². The molecule has 0 bridgehead atoms. The third-order valence-corrected chi connectivity index (χ3v) is 5.86. The van der Waals surface area contributed by atoms with Crippen LogP contribution in [-0.4, -0.2) is 23.7 Å². The molecular weight excluding hydrogens is 388 g/mol. The fraction of sp³-hybridized carbons (Fsp3) is 0.852. The maximum Gasteiger partial charge on any atom is 0.309 e. The van der Waals surface area contributed by atoms with Crippen molar-refractivity contribution < 1.29 is 19.4 Å². The molecule has 0 aromatic heterocycles. The third-order valence-electron chi connectivity index (χ3n) is 5.86. The Hall–Kier alpha value is -1.32. The summed E-state index contributed by atoms with van der Waals surface area (Å²) < 4.78 is 5.14. The lowest BCUT2D eigenvalue weighted by Crippen LogP contribution is -2.21. The van der Waals surface area contributed by atoms with Gasteiger partial charge in [-0.2, -0.15) is 0 Å². The van der Waals surface area contributed by atoms with Crippen molar-refractivity contribution in [3.63, 3.8) is 0 Å². The van der Waals surface area contributed by atoms with Crippen LogP contribution >= 0.6 is 0 Å². The lowest BCUT2D eigenvalue weighted by Gasteiger charge is -2.13. The molecule has 0 saturated heterocycles. The Morgan fingerprint density at radius 2 is 1.23 bits per heavy atom. The van der Waals surface area contributed by atoms with Crippen molar-refractivity contribution in [2.45, 2.75) is 136 Å². The number of ether oxygens (including phenoxy) is 1. The molecule has 0 fully saturated rings. The topological polar surface area (TPSA) is 63.6 Å². The number of hydrogen-bond acceptors (Lipinski definition) is 3. The highest BCUT2D eigenvalue weighted by atomic mass is 16.5. The number of carbonyl (C=O) groups excluding carboxylic acids is 1. The molecule has 182 valence electrons. The van der Waals surface area contributed by atoms with Crippen LogP contribution in [0.4, 0.5) is 0 Å². The SMILES string of the molecule is C/C=C/CCCCCCCCCCCCCCCCCC(CC(=O)O)C(=O)OCCC. The summed E-state index contributed by atoms with van der Waals surface area (Å²) in [7, 11) is 0. The van der Waals surface area contributed by atoms with Crippen molar-refractivity contribution in [3.05, 3.63) is 12.2 Å². The Morgan fingerprint density at radius 3 is 1.65 bits per heavy atom. The Balaban J connectivity index is 3.44. The first kappa shape index (κ1) is 29.7. The third kappa shape index (κ3) is 21.7. The molecule has 0 aliphatic carbocycles. The number of rotatable bonds is 23. The van der Waals surface area contributed by atoms with Crippen LogP contribution in [0.3, 0.4) is 0 Å². The molecule has 0 heterocycles. The van der Waals surface area contributed by atoms with Gasteiger partial charge in [-0.1, -0.05) is 109 Å². The molecule has 1 unspecified atom stereocenters. The van der Waals surface area contributed by atoms with Crippen molar-refractivity contribution in [2.24, 2.45) is 5.92 Å². The van der Waals surface area contributed by atoms with Crippen LogP contribution in [0, 0.1) is 5.92 Å². The molecule has 31 heavy (non-hydrogen) atoms. The molecule has 0 aliphatic heterocycles. The summed E-state index contributed by atoms with van der Waals surface area (Å²) in [5, 5.41) is 9.00. The zero-order valence-corrected chi connectivity index (χ0v) is 20.5. The van der Waals surface area contributed by atoms with Gasteiger partial charge in [-0.3, -0.25) is 9.59 Å². The minimum Gasteiger partial charge on any atom is -0.481 e. The first-order valence-corrected chi connectivity index (χ1v) is 13.1. The van der Waals surface area contributed by atoms with Gasteiger partial charge in [0.15, 0.2) is 0 Å². The number of carbonyl (C=O) groups is 2. The molecule has 4 nitrogen and oxygen atoms in total. The molecule has 0 aliphatic rings. The van der Waals surface area contributed by atoms with Crippen molar-refractivity contribution in [1.29, 1.82) is 0 Å². The van der Waals surface area contributed by atoms with Gasteiger partial charge in [-0.15, -0.1) is 0 Å². The average Bonchev–Trinajstić information content (AvgIpc) is 2.75. The van der Waals surface area contributed by atoms with Crippen molar-refractivity contribution >= 4 is 11.9 Å². The summed E-state index contributed by atoms with van der Waals surface area (Å²) in [4.78, 5) is 22.9. The second-order valence-electron chi connectivity index (χ2n) is 8.91. The summed E-state index contributed by atoms with van der Waals surface area (Å²) in [5.74, 6) is -1.74. The van der Waals surface area contributed by atoms with Crippen molar-refractivity contribution in [1.82, 2.24) is 0 Å². The average molecular weight is 439 g/mol. The van der Waals surface area contributed by atoms with Gasteiger partial charge >= 0.3 is 11.9 Å². The fourth-order valence-corrected chi connectivity index (χ4v) is 3.95. The highest BCUT2D eigenvalue weighted by Crippen LogP contribution is 2.18. The van der Waals surface area contributed by atoms with Gasteiger partial charge in [0.2, 0.25) is 0 Å². The van der Waals surface area contributed by atoms with E-state index in [4.69, 9.17) is 9.84 Å². The fourth-order valence-electron chi connectivity index (χ4n) is 3.95. The number of unbranched alkanes of at least 4 members (excludes halogenated alkanes) is 15. The zero-order valence-electron chi connectivity index (χ0n) is 20.5. The minimum absolute atomic E-state index is 0.112. The number of carboxylic acids is 1. The highest BCUT2D eigenvalue weighted by Gasteiger charge is 2.22. The highest BCUT2D eigenvalue weighted by molar-refractivity contribution is 5.79. The van der Waals surface area contributed by atoms with Crippen LogP contribution in [0.15, 0.2) is 12.2 Å². The van der Waals surface area contributed by atoms with E-state index in [0.29, 0.717) is 13.0 Å². The molecule has 0 rings (SSSR count). The molecule has 0 aromatic rings. The number of esters is 1. The van der Waals surface area contributed by atoms with Crippen LogP contribution in [0.25, 0.3) is 0 Å². The molecule has 0 spiro atoms. The quantitative estimate of drug-likeness (QED) is 0.0991. The van der Waals surface area contributed by atoms with Gasteiger partial charge in [0.05, 0.1) is 18.9 Å². The van der Waals surface area contributed by atoms with Gasteiger partial charge in [0, 0.05) is 0 Å². The van der Waals surface area contributed by atoms with Crippen LogP contribution in [-0.2, 0) is 14.3 Å². The van der Waals surface area contributed by atoms with Gasteiger partial charge in [-0.05, 0) is 32.6 Å². The van der Waals surface area contributed by atoms with Crippen molar-refractivity contribution in [3.8, 4) is 0 Å². The maximum absolute atomic E-state index is 12.0. The van der Waals surface area contributed by atoms with Crippen LogP contribution in [0.5, 0.6) is 0 Å². The summed E-state index contributed by atoms with van der Waals surface area (Å²) in [6, 6.07) is 0. The predicted molar refractivity (Wildman–Crippen MR) is 130 cm³/mol. The van der Waals surface area contributed by atoms with E-state index in [-0.39, 0.29) is 12.4 Å². The monoisotopic (exact) mass is 438 g/mol. The largest absolute Gasteiger partial charge is 0.481 e. The Bertz CT molecular complexity index is 445. The van der Waals surface area contributed by atoms with E-state index in [0.717, 1.165) is 19.3 Å². The lowest BCUT2D eigenvalue weighted by atomic mass is 9.97. The predicted octanol–water partition coefficient (Wildman–Crippen LogP) is 8.24. The number of hydrogen-bond donors (Lipinski definition) is 1. The van der Waals surface area contributed by atoms with E-state index in [2.05, 4.69) is 19.1 Å². The van der Waals surface area contributed by atoms with E-state index in [9.17, 15) is 9.59 Å². The van der Waals surface area contributed by atoms with E-state index < -0.39 is 11.9 Å². The van der Waals surface area contributed by atoms with Gasteiger partial charge < -0.3 is 9.84 Å². The first-order valence-electron chi connectivity index (χ1n) is 13.1. The molecule has 0 saturated carbocycles. The molecule has 4 heteroatoms. The Morgan fingerprint density at radius 1 is 0.774 bits per heavy atom. The van der Waals surface area contributed by atoms with E-state index >= 15 is 0 Å². The molecule has 0 aromatic carbocycles. The first-order chi connectivity index (χ1) is 15.1. The zero-order chi connectivity index (χ0) is 23.0. The summed E-state index contributed by atoms with van der Waals surface area (Å²) >= 11 is 0. The maximum atomic E-state index is 12.0. The molecule has 1 atom stereocenters. The molecule has 1 N–H and O–H groups in total. The molecule has 0 radical (unpaired) electrons.